The predicted octanol–water partition coefficient (Wildman–Crippen LogP) is 2.43. The first-order valence-electron chi connectivity index (χ1n) is 5.07. The Balaban J connectivity index is 2.87. The van der Waals surface area contributed by atoms with Gasteiger partial charge in [-0.1, -0.05) is 13.0 Å². The SMILES string of the molecule is CCCN(CC(F)F)c1cccc(C#N)n1. The highest BCUT2D eigenvalue weighted by molar-refractivity contribution is 5.41. The fraction of sp³-hybridized carbons (Fsp3) is 0.455. The standard InChI is InChI=1S/C11H13F2N3/c1-2-6-16(8-10(12)13)11-5-3-4-9(7-14)15-11/h3-5,10H,2,6,8H2,1H3. The highest BCUT2D eigenvalue weighted by Gasteiger charge is 2.13. The van der Waals surface area contributed by atoms with E-state index in [4.69, 9.17) is 5.26 Å². The zero-order valence-electron chi connectivity index (χ0n) is 9.03. The second kappa shape index (κ2) is 6.01. The molecule has 0 aromatic carbocycles. The number of alkyl halides is 2. The van der Waals surface area contributed by atoms with Crippen molar-refractivity contribution >= 4 is 5.82 Å². The molecule has 0 saturated heterocycles. The van der Waals surface area contributed by atoms with Gasteiger partial charge in [0.2, 0.25) is 0 Å². The molecule has 3 nitrogen and oxygen atoms in total. The molecule has 0 fully saturated rings. The molecule has 0 unspecified atom stereocenters. The number of nitriles is 1. The van der Waals surface area contributed by atoms with Gasteiger partial charge in [0.25, 0.3) is 6.43 Å². The van der Waals surface area contributed by atoms with Crippen LogP contribution in [0, 0.1) is 11.3 Å². The van der Waals surface area contributed by atoms with Crippen molar-refractivity contribution in [1.82, 2.24) is 4.98 Å². The topological polar surface area (TPSA) is 39.9 Å². The monoisotopic (exact) mass is 225 g/mol. The van der Waals surface area contributed by atoms with E-state index in [0.29, 0.717) is 12.4 Å². The average molecular weight is 225 g/mol. The number of aromatic nitrogens is 1. The molecule has 86 valence electrons. The molecule has 1 heterocycles. The number of hydrogen-bond donors (Lipinski definition) is 0. The first-order valence-corrected chi connectivity index (χ1v) is 5.07. The van der Waals surface area contributed by atoms with Crippen LogP contribution in [0.15, 0.2) is 18.2 Å². The van der Waals surface area contributed by atoms with Crippen LogP contribution in [0.3, 0.4) is 0 Å². The molecule has 0 amide bonds. The van der Waals surface area contributed by atoms with Crippen molar-refractivity contribution in [3.05, 3.63) is 23.9 Å². The quantitative estimate of drug-likeness (QED) is 0.772. The van der Waals surface area contributed by atoms with Crippen LogP contribution in [0.1, 0.15) is 19.0 Å². The number of nitrogens with zero attached hydrogens (tertiary/aromatic N) is 3. The van der Waals surface area contributed by atoms with Crippen LogP contribution >= 0.6 is 0 Å². The summed E-state index contributed by atoms with van der Waals surface area (Å²) in [6.45, 7) is 2.06. The van der Waals surface area contributed by atoms with Crippen molar-refractivity contribution in [3.8, 4) is 6.07 Å². The van der Waals surface area contributed by atoms with Crippen LogP contribution < -0.4 is 4.90 Å². The summed E-state index contributed by atoms with van der Waals surface area (Å²) in [5, 5.41) is 8.68. The van der Waals surface area contributed by atoms with Gasteiger partial charge in [-0.05, 0) is 18.6 Å². The number of hydrogen-bond acceptors (Lipinski definition) is 3. The lowest BCUT2D eigenvalue weighted by Gasteiger charge is -2.22. The van der Waals surface area contributed by atoms with Crippen molar-refractivity contribution in [1.29, 1.82) is 5.26 Å². The molecule has 0 aliphatic carbocycles. The van der Waals surface area contributed by atoms with Crippen LogP contribution in [0.2, 0.25) is 0 Å². The molecule has 0 N–H and O–H groups in total. The minimum Gasteiger partial charge on any atom is -0.351 e. The summed E-state index contributed by atoms with van der Waals surface area (Å²) in [6.07, 6.45) is -1.65. The van der Waals surface area contributed by atoms with E-state index < -0.39 is 6.43 Å². The van der Waals surface area contributed by atoms with Crippen molar-refractivity contribution in [2.45, 2.75) is 19.8 Å². The molecule has 0 bridgehead atoms. The zero-order valence-corrected chi connectivity index (χ0v) is 9.03. The second-order valence-electron chi connectivity index (χ2n) is 3.33. The second-order valence-corrected chi connectivity index (χ2v) is 3.33. The Morgan fingerprint density at radius 2 is 2.25 bits per heavy atom. The smallest absolute Gasteiger partial charge is 0.255 e. The van der Waals surface area contributed by atoms with Gasteiger partial charge >= 0.3 is 0 Å². The Morgan fingerprint density at radius 3 is 2.81 bits per heavy atom. The summed E-state index contributed by atoms with van der Waals surface area (Å²) < 4.78 is 24.7. The summed E-state index contributed by atoms with van der Waals surface area (Å²) in [6, 6.07) is 6.73. The lowest BCUT2D eigenvalue weighted by atomic mass is 10.3. The third-order valence-electron chi connectivity index (χ3n) is 2.02. The van der Waals surface area contributed by atoms with Crippen LogP contribution in [0.5, 0.6) is 0 Å². The van der Waals surface area contributed by atoms with E-state index in [9.17, 15) is 8.78 Å². The summed E-state index contributed by atoms with van der Waals surface area (Å²) >= 11 is 0. The van der Waals surface area contributed by atoms with Crippen LogP contribution in [0.25, 0.3) is 0 Å². The maximum atomic E-state index is 12.3. The summed E-state index contributed by atoms with van der Waals surface area (Å²) in [5.41, 5.74) is 0.243. The average Bonchev–Trinajstić information content (AvgIpc) is 2.28. The normalized spacial score (nSPS) is 10.2. The predicted molar refractivity (Wildman–Crippen MR) is 57.5 cm³/mol. The Kier molecular flexibility index (Phi) is 4.65. The van der Waals surface area contributed by atoms with Crippen molar-refractivity contribution in [2.75, 3.05) is 18.0 Å². The lowest BCUT2D eigenvalue weighted by molar-refractivity contribution is 0.154. The summed E-state index contributed by atoms with van der Waals surface area (Å²) in [4.78, 5) is 5.49. The largest absolute Gasteiger partial charge is 0.351 e. The van der Waals surface area contributed by atoms with E-state index in [0.717, 1.165) is 6.42 Å². The molecule has 0 saturated carbocycles. The fourth-order valence-corrected chi connectivity index (χ4v) is 1.40. The lowest BCUT2D eigenvalue weighted by Crippen LogP contribution is -2.30. The van der Waals surface area contributed by atoms with Gasteiger partial charge in [0, 0.05) is 6.54 Å². The first kappa shape index (κ1) is 12.4. The molecule has 1 rings (SSSR count). The van der Waals surface area contributed by atoms with Gasteiger partial charge in [0.15, 0.2) is 0 Å². The Labute approximate surface area is 93.3 Å². The van der Waals surface area contributed by atoms with E-state index in [2.05, 4.69) is 4.98 Å². The van der Waals surface area contributed by atoms with Crippen molar-refractivity contribution < 1.29 is 8.78 Å². The fourth-order valence-electron chi connectivity index (χ4n) is 1.40. The van der Waals surface area contributed by atoms with E-state index in [1.54, 1.807) is 18.2 Å². The number of halogens is 2. The number of rotatable bonds is 5. The Morgan fingerprint density at radius 1 is 1.50 bits per heavy atom. The molecule has 5 heteroatoms. The molecule has 0 atom stereocenters. The molecule has 0 aliphatic heterocycles. The molecule has 1 aromatic heterocycles. The van der Waals surface area contributed by atoms with Crippen LogP contribution in [-0.4, -0.2) is 24.5 Å². The van der Waals surface area contributed by atoms with Crippen molar-refractivity contribution in [3.63, 3.8) is 0 Å². The maximum absolute atomic E-state index is 12.3. The van der Waals surface area contributed by atoms with Gasteiger partial charge in [0.05, 0.1) is 6.54 Å². The van der Waals surface area contributed by atoms with Gasteiger partial charge in [-0.15, -0.1) is 0 Å². The molecule has 0 aliphatic rings. The number of anilines is 1. The third kappa shape index (κ3) is 3.46. The first-order chi connectivity index (χ1) is 7.67. The van der Waals surface area contributed by atoms with Gasteiger partial charge < -0.3 is 4.90 Å². The minimum atomic E-state index is -2.40. The highest BCUT2D eigenvalue weighted by Crippen LogP contribution is 2.13. The maximum Gasteiger partial charge on any atom is 0.255 e. The minimum absolute atomic E-state index is 0.243. The third-order valence-corrected chi connectivity index (χ3v) is 2.02. The Hall–Kier alpha value is -1.70. The van der Waals surface area contributed by atoms with E-state index in [1.165, 1.54) is 4.90 Å². The van der Waals surface area contributed by atoms with E-state index in [-0.39, 0.29) is 12.2 Å². The Bertz CT molecular complexity index is 374. The van der Waals surface area contributed by atoms with E-state index >= 15 is 0 Å². The van der Waals surface area contributed by atoms with Gasteiger partial charge in [-0.25, -0.2) is 13.8 Å². The molecular weight excluding hydrogens is 212 g/mol. The van der Waals surface area contributed by atoms with Crippen molar-refractivity contribution in [2.24, 2.45) is 0 Å². The zero-order chi connectivity index (χ0) is 12.0. The van der Waals surface area contributed by atoms with Gasteiger partial charge in [-0.2, -0.15) is 5.26 Å². The molecule has 16 heavy (non-hydrogen) atoms. The van der Waals surface area contributed by atoms with Gasteiger partial charge in [-0.3, -0.25) is 0 Å². The van der Waals surface area contributed by atoms with Crippen LogP contribution in [-0.2, 0) is 0 Å². The molecule has 1 aromatic rings. The van der Waals surface area contributed by atoms with Gasteiger partial charge in [0.1, 0.15) is 17.6 Å². The molecular formula is C11H13F2N3. The highest BCUT2D eigenvalue weighted by atomic mass is 19.3. The van der Waals surface area contributed by atoms with E-state index in [1.807, 2.05) is 13.0 Å². The number of pyridine rings is 1. The van der Waals surface area contributed by atoms with Crippen LogP contribution in [0.4, 0.5) is 14.6 Å². The molecule has 0 radical (unpaired) electrons. The summed E-state index contributed by atoms with van der Waals surface area (Å²) in [7, 11) is 0. The summed E-state index contributed by atoms with van der Waals surface area (Å²) in [5.74, 6) is 0.432. The molecule has 0 spiro atoms.